The van der Waals surface area contributed by atoms with Crippen molar-refractivity contribution in [2.45, 2.75) is 26.2 Å². The van der Waals surface area contributed by atoms with Crippen LogP contribution in [0.2, 0.25) is 0 Å². The highest BCUT2D eigenvalue weighted by Gasteiger charge is 2.03. The van der Waals surface area contributed by atoms with Crippen LogP contribution < -0.4 is 0 Å². The Bertz CT molecular complexity index is 306. The van der Waals surface area contributed by atoms with Crippen LogP contribution in [-0.2, 0) is 0 Å². The summed E-state index contributed by atoms with van der Waals surface area (Å²) in [5, 5.41) is 12.0. The maximum absolute atomic E-state index is 12.6. The fourth-order valence-electron chi connectivity index (χ4n) is 1.24. The van der Waals surface area contributed by atoms with E-state index >= 15 is 0 Å². The molecule has 1 N–H and O–H groups in total. The Morgan fingerprint density at radius 3 is 2.50 bits per heavy atom. The molecule has 1 rings (SSSR count). The molecule has 0 aliphatic carbocycles. The van der Waals surface area contributed by atoms with Crippen molar-refractivity contribution in [2.24, 2.45) is 5.16 Å². The van der Waals surface area contributed by atoms with E-state index < -0.39 is 0 Å². The standard InChI is InChI=1S/C11H14FNO/c1-2-3-4-11(13-14)9-5-7-10(12)8-6-9/h5-8,14H,2-4H2,1H3. The molecule has 0 aliphatic heterocycles. The number of benzene rings is 1. The van der Waals surface area contributed by atoms with Crippen molar-refractivity contribution in [3.05, 3.63) is 35.6 Å². The third-order valence-corrected chi connectivity index (χ3v) is 2.07. The van der Waals surface area contributed by atoms with Gasteiger partial charge in [-0.1, -0.05) is 30.6 Å². The number of oxime groups is 1. The van der Waals surface area contributed by atoms with Crippen LogP contribution in [0.1, 0.15) is 31.7 Å². The number of nitrogens with zero attached hydrogens (tertiary/aromatic N) is 1. The fourth-order valence-corrected chi connectivity index (χ4v) is 1.24. The van der Waals surface area contributed by atoms with Crippen LogP contribution in [0.3, 0.4) is 0 Å². The van der Waals surface area contributed by atoms with Gasteiger partial charge in [0.05, 0.1) is 5.71 Å². The molecule has 0 aliphatic rings. The SMILES string of the molecule is CCCCC(=NO)c1ccc(F)cc1. The van der Waals surface area contributed by atoms with Crippen molar-refractivity contribution in [3.63, 3.8) is 0 Å². The minimum Gasteiger partial charge on any atom is -0.411 e. The van der Waals surface area contributed by atoms with Crippen LogP contribution in [0.15, 0.2) is 29.4 Å². The smallest absolute Gasteiger partial charge is 0.123 e. The molecular weight excluding hydrogens is 181 g/mol. The Balaban J connectivity index is 2.75. The Morgan fingerprint density at radius 2 is 2.00 bits per heavy atom. The zero-order valence-corrected chi connectivity index (χ0v) is 8.20. The summed E-state index contributed by atoms with van der Waals surface area (Å²) in [6, 6.07) is 5.99. The summed E-state index contributed by atoms with van der Waals surface area (Å²) in [5.41, 5.74) is 1.40. The van der Waals surface area contributed by atoms with E-state index in [1.807, 2.05) is 0 Å². The second kappa shape index (κ2) is 5.37. The second-order valence-electron chi connectivity index (χ2n) is 3.16. The van der Waals surface area contributed by atoms with Crippen LogP contribution in [-0.4, -0.2) is 10.9 Å². The Morgan fingerprint density at radius 1 is 1.36 bits per heavy atom. The monoisotopic (exact) mass is 195 g/mol. The van der Waals surface area contributed by atoms with Gasteiger partial charge < -0.3 is 5.21 Å². The molecule has 3 heteroatoms. The molecule has 0 saturated carbocycles. The Kier molecular flexibility index (Phi) is 4.11. The second-order valence-corrected chi connectivity index (χ2v) is 3.16. The van der Waals surface area contributed by atoms with Crippen molar-refractivity contribution in [1.82, 2.24) is 0 Å². The normalized spacial score (nSPS) is 11.7. The van der Waals surface area contributed by atoms with E-state index in [1.165, 1.54) is 12.1 Å². The first-order chi connectivity index (χ1) is 6.77. The zero-order valence-electron chi connectivity index (χ0n) is 8.20. The van der Waals surface area contributed by atoms with Gasteiger partial charge in [-0.15, -0.1) is 0 Å². The number of rotatable bonds is 4. The predicted molar refractivity (Wildman–Crippen MR) is 54.2 cm³/mol. The minimum atomic E-state index is -0.276. The summed E-state index contributed by atoms with van der Waals surface area (Å²) in [5.74, 6) is -0.276. The van der Waals surface area contributed by atoms with Gasteiger partial charge in [-0.05, 0) is 30.5 Å². The molecule has 1 aromatic rings. The largest absolute Gasteiger partial charge is 0.411 e. The average molecular weight is 195 g/mol. The minimum absolute atomic E-state index is 0.276. The van der Waals surface area contributed by atoms with E-state index in [-0.39, 0.29) is 5.82 Å². The molecule has 0 amide bonds. The van der Waals surface area contributed by atoms with Gasteiger partial charge in [0.25, 0.3) is 0 Å². The highest BCUT2D eigenvalue weighted by atomic mass is 19.1. The summed E-state index contributed by atoms with van der Waals surface area (Å²) in [6.07, 6.45) is 2.73. The lowest BCUT2D eigenvalue weighted by molar-refractivity contribution is 0.318. The van der Waals surface area contributed by atoms with Gasteiger partial charge in [0.2, 0.25) is 0 Å². The molecule has 0 radical (unpaired) electrons. The lowest BCUT2D eigenvalue weighted by Crippen LogP contribution is -2.00. The number of hydrogen-bond donors (Lipinski definition) is 1. The van der Waals surface area contributed by atoms with E-state index in [0.29, 0.717) is 5.71 Å². The van der Waals surface area contributed by atoms with E-state index in [0.717, 1.165) is 24.8 Å². The predicted octanol–water partition coefficient (Wildman–Crippen LogP) is 3.19. The van der Waals surface area contributed by atoms with Crippen molar-refractivity contribution >= 4 is 5.71 Å². The topological polar surface area (TPSA) is 32.6 Å². The molecule has 0 heterocycles. The Labute approximate surface area is 83.1 Å². The molecular formula is C11H14FNO. The van der Waals surface area contributed by atoms with Crippen molar-refractivity contribution in [3.8, 4) is 0 Å². The van der Waals surface area contributed by atoms with Crippen molar-refractivity contribution < 1.29 is 9.60 Å². The van der Waals surface area contributed by atoms with Crippen molar-refractivity contribution in [1.29, 1.82) is 0 Å². The molecule has 76 valence electrons. The molecule has 0 aromatic heterocycles. The van der Waals surface area contributed by atoms with Gasteiger partial charge in [-0.2, -0.15) is 0 Å². The molecule has 0 atom stereocenters. The van der Waals surface area contributed by atoms with Gasteiger partial charge in [-0.25, -0.2) is 4.39 Å². The van der Waals surface area contributed by atoms with E-state index in [2.05, 4.69) is 12.1 Å². The summed E-state index contributed by atoms with van der Waals surface area (Å²) in [4.78, 5) is 0. The van der Waals surface area contributed by atoms with Crippen LogP contribution in [0.4, 0.5) is 4.39 Å². The van der Waals surface area contributed by atoms with Crippen LogP contribution in [0.5, 0.6) is 0 Å². The van der Waals surface area contributed by atoms with Crippen LogP contribution in [0, 0.1) is 5.82 Å². The van der Waals surface area contributed by atoms with Gasteiger partial charge in [0.15, 0.2) is 0 Å². The first-order valence-electron chi connectivity index (χ1n) is 4.74. The fraction of sp³-hybridized carbons (Fsp3) is 0.364. The number of unbranched alkanes of at least 4 members (excludes halogenated alkanes) is 1. The summed E-state index contributed by atoms with van der Waals surface area (Å²) in [7, 11) is 0. The molecule has 0 saturated heterocycles. The van der Waals surface area contributed by atoms with Crippen LogP contribution >= 0.6 is 0 Å². The maximum atomic E-state index is 12.6. The maximum Gasteiger partial charge on any atom is 0.123 e. The van der Waals surface area contributed by atoms with Crippen LogP contribution in [0.25, 0.3) is 0 Å². The quantitative estimate of drug-likeness (QED) is 0.446. The lowest BCUT2D eigenvalue weighted by atomic mass is 10.1. The summed E-state index contributed by atoms with van der Waals surface area (Å²) < 4.78 is 12.6. The van der Waals surface area contributed by atoms with E-state index in [9.17, 15) is 4.39 Å². The van der Waals surface area contributed by atoms with Crippen molar-refractivity contribution in [2.75, 3.05) is 0 Å². The van der Waals surface area contributed by atoms with E-state index in [4.69, 9.17) is 5.21 Å². The molecule has 2 nitrogen and oxygen atoms in total. The molecule has 0 unspecified atom stereocenters. The molecule has 0 spiro atoms. The average Bonchev–Trinajstić information content (AvgIpc) is 2.21. The Hall–Kier alpha value is -1.38. The van der Waals surface area contributed by atoms with Gasteiger partial charge in [-0.3, -0.25) is 0 Å². The molecule has 1 aromatic carbocycles. The summed E-state index contributed by atoms with van der Waals surface area (Å²) in [6.45, 7) is 2.07. The van der Waals surface area contributed by atoms with Gasteiger partial charge in [0, 0.05) is 0 Å². The number of halogens is 1. The first kappa shape index (κ1) is 10.7. The van der Waals surface area contributed by atoms with Gasteiger partial charge in [0.1, 0.15) is 5.82 Å². The molecule has 0 fully saturated rings. The third kappa shape index (κ3) is 2.83. The lowest BCUT2D eigenvalue weighted by Gasteiger charge is -2.02. The van der Waals surface area contributed by atoms with Gasteiger partial charge >= 0.3 is 0 Å². The third-order valence-electron chi connectivity index (χ3n) is 2.07. The molecule has 0 bridgehead atoms. The molecule has 14 heavy (non-hydrogen) atoms. The zero-order chi connectivity index (χ0) is 10.4. The highest BCUT2D eigenvalue weighted by molar-refractivity contribution is 6.00. The number of hydrogen-bond acceptors (Lipinski definition) is 2. The summed E-state index contributed by atoms with van der Waals surface area (Å²) >= 11 is 0. The highest BCUT2D eigenvalue weighted by Crippen LogP contribution is 2.09. The van der Waals surface area contributed by atoms with E-state index in [1.54, 1.807) is 12.1 Å². The first-order valence-corrected chi connectivity index (χ1v) is 4.74.